The van der Waals surface area contributed by atoms with E-state index in [0.717, 1.165) is 11.3 Å². The highest BCUT2D eigenvalue weighted by Crippen LogP contribution is 2.37. The molecule has 2 fully saturated rings. The van der Waals surface area contributed by atoms with E-state index in [1.54, 1.807) is 23.3 Å². The molecular formula is C20H20N2O5. The minimum atomic E-state index is -0.957. The predicted octanol–water partition coefficient (Wildman–Crippen LogP) is 2.14. The first-order valence-electron chi connectivity index (χ1n) is 8.95. The van der Waals surface area contributed by atoms with E-state index in [-0.39, 0.29) is 18.2 Å². The Bertz CT molecular complexity index is 864. The lowest BCUT2D eigenvalue weighted by Crippen LogP contribution is -2.56. The van der Waals surface area contributed by atoms with Gasteiger partial charge in [0.15, 0.2) is 0 Å². The minimum absolute atomic E-state index is 0.0114. The Morgan fingerprint density at radius 1 is 1.15 bits per heavy atom. The topological polar surface area (TPSA) is 99.9 Å². The van der Waals surface area contributed by atoms with Crippen molar-refractivity contribution in [2.45, 2.75) is 24.8 Å². The Kier molecular flexibility index (Phi) is 4.22. The van der Waals surface area contributed by atoms with Crippen LogP contribution in [0.3, 0.4) is 0 Å². The summed E-state index contributed by atoms with van der Waals surface area (Å²) in [5, 5.41) is 12.3. The van der Waals surface area contributed by atoms with Gasteiger partial charge in [-0.3, -0.25) is 14.4 Å². The number of benzene rings is 1. The van der Waals surface area contributed by atoms with Gasteiger partial charge >= 0.3 is 5.97 Å². The van der Waals surface area contributed by atoms with Crippen LogP contribution in [0.2, 0.25) is 0 Å². The van der Waals surface area contributed by atoms with Gasteiger partial charge in [0.1, 0.15) is 5.76 Å². The summed E-state index contributed by atoms with van der Waals surface area (Å²) in [4.78, 5) is 37.7. The van der Waals surface area contributed by atoms with Crippen LogP contribution in [0.5, 0.6) is 0 Å². The van der Waals surface area contributed by atoms with Crippen LogP contribution in [0.1, 0.15) is 29.6 Å². The van der Waals surface area contributed by atoms with Crippen LogP contribution in [0, 0.1) is 5.92 Å². The van der Waals surface area contributed by atoms with E-state index in [1.807, 2.05) is 24.3 Å². The van der Waals surface area contributed by atoms with Gasteiger partial charge in [-0.05, 0) is 37.1 Å². The normalized spacial score (nSPS) is 21.3. The summed E-state index contributed by atoms with van der Waals surface area (Å²) < 4.78 is 5.35. The fourth-order valence-electron chi connectivity index (χ4n) is 4.10. The number of carbonyl (C=O) groups excluding carboxylic acids is 2. The van der Waals surface area contributed by atoms with Crippen molar-refractivity contribution in [2.75, 3.05) is 13.1 Å². The molecule has 0 bridgehead atoms. The molecule has 2 aliphatic heterocycles. The molecule has 0 saturated carbocycles. The summed E-state index contributed by atoms with van der Waals surface area (Å²) in [6.07, 6.45) is 2.51. The minimum Gasteiger partial charge on any atom is -0.481 e. The first-order chi connectivity index (χ1) is 13.0. The summed E-state index contributed by atoms with van der Waals surface area (Å²) in [6, 6.07) is 10.9. The molecule has 4 rings (SSSR count). The van der Waals surface area contributed by atoms with Gasteiger partial charge in [0.2, 0.25) is 5.91 Å². The molecule has 1 aromatic heterocycles. The quantitative estimate of drug-likeness (QED) is 0.865. The third-order valence-electron chi connectivity index (χ3n) is 5.62. The number of furan rings is 1. The molecule has 2 saturated heterocycles. The second-order valence-corrected chi connectivity index (χ2v) is 7.15. The standard InChI is InChI=1S/C20H20N2O5/c23-17-12-15(19(25)26)20(21-17)7-9-22(10-8-20)18(24)14-5-3-13(4-6-14)16-2-1-11-27-16/h1-6,11,15H,7-10,12H2,(H,21,23)(H,25,26). The smallest absolute Gasteiger partial charge is 0.309 e. The van der Waals surface area contributed by atoms with E-state index in [2.05, 4.69) is 5.32 Å². The van der Waals surface area contributed by atoms with Crippen LogP contribution in [0.25, 0.3) is 11.3 Å². The molecule has 0 aliphatic carbocycles. The molecule has 1 spiro atoms. The highest BCUT2D eigenvalue weighted by Gasteiger charge is 2.52. The first-order valence-corrected chi connectivity index (χ1v) is 8.95. The molecular weight excluding hydrogens is 348 g/mol. The Hall–Kier alpha value is -3.09. The van der Waals surface area contributed by atoms with Crippen LogP contribution in [0.4, 0.5) is 0 Å². The lowest BCUT2D eigenvalue weighted by atomic mass is 9.77. The number of carboxylic acids is 1. The van der Waals surface area contributed by atoms with Gasteiger partial charge in [0.05, 0.1) is 17.7 Å². The predicted molar refractivity (Wildman–Crippen MR) is 95.9 cm³/mol. The number of piperidine rings is 1. The number of carboxylic acid groups (broad SMARTS) is 1. The summed E-state index contributed by atoms with van der Waals surface area (Å²) in [5.74, 6) is -1.26. The van der Waals surface area contributed by atoms with Gasteiger partial charge in [-0.2, -0.15) is 0 Å². The molecule has 140 valence electrons. The zero-order valence-corrected chi connectivity index (χ0v) is 14.7. The molecule has 1 atom stereocenters. The van der Waals surface area contributed by atoms with Crippen LogP contribution >= 0.6 is 0 Å². The van der Waals surface area contributed by atoms with E-state index in [9.17, 15) is 19.5 Å². The number of carbonyl (C=O) groups is 3. The van der Waals surface area contributed by atoms with Crippen molar-refractivity contribution >= 4 is 17.8 Å². The van der Waals surface area contributed by atoms with Crippen molar-refractivity contribution in [2.24, 2.45) is 5.92 Å². The Labute approximate surface area is 156 Å². The van der Waals surface area contributed by atoms with Gasteiger partial charge < -0.3 is 19.7 Å². The van der Waals surface area contributed by atoms with Crippen LogP contribution < -0.4 is 5.32 Å². The molecule has 7 nitrogen and oxygen atoms in total. The molecule has 0 radical (unpaired) electrons. The van der Waals surface area contributed by atoms with Crippen molar-refractivity contribution in [1.82, 2.24) is 10.2 Å². The highest BCUT2D eigenvalue weighted by atomic mass is 16.4. The van der Waals surface area contributed by atoms with Gasteiger partial charge in [-0.25, -0.2) is 0 Å². The van der Waals surface area contributed by atoms with Crippen molar-refractivity contribution < 1.29 is 23.9 Å². The van der Waals surface area contributed by atoms with Gasteiger partial charge in [-0.15, -0.1) is 0 Å². The SMILES string of the molecule is O=C1CC(C(=O)O)C2(CCN(C(=O)c3ccc(-c4ccco4)cc3)CC2)N1. The number of hydrogen-bond donors (Lipinski definition) is 2. The second kappa shape index (κ2) is 6.57. The Balaban J connectivity index is 1.44. The molecule has 2 amide bonds. The number of hydrogen-bond acceptors (Lipinski definition) is 4. The molecule has 2 N–H and O–H groups in total. The average molecular weight is 368 g/mol. The highest BCUT2D eigenvalue weighted by molar-refractivity contribution is 5.95. The van der Waals surface area contributed by atoms with Gasteiger partial charge in [0, 0.05) is 30.6 Å². The molecule has 1 unspecified atom stereocenters. The first kappa shape index (κ1) is 17.3. The molecule has 3 heterocycles. The number of amides is 2. The van der Waals surface area contributed by atoms with Crippen LogP contribution in [0.15, 0.2) is 47.1 Å². The van der Waals surface area contributed by atoms with Crippen molar-refractivity contribution in [3.63, 3.8) is 0 Å². The van der Waals surface area contributed by atoms with Crippen molar-refractivity contribution in [3.05, 3.63) is 48.2 Å². The number of nitrogens with zero attached hydrogens (tertiary/aromatic N) is 1. The maximum atomic E-state index is 12.8. The molecule has 27 heavy (non-hydrogen) atoms. The van der Waals surface area contributed by atoms with Crippen LogP contribution in [-0.2, 0) is 9.59 Å². The van der Waals surface area contributed by atoms with Gasteiger partial charge in [-0.1, -0.05) is 12.1 Å². The number of likely N-dealkylation sites (tertiary alicyclic amines) is 1. The maximum Gasteiger partial charge on any atom is 0.309 e. The Morgan fingerprint density at radius 3 is 2.44 bits per heavy atom. The molecule has 2 aliphatic rings. The summed E-state index contributed by atoms with van der Waals surface area (Å²) in [7, 11) is 0. The van der Waals surface area contributed by atoms with E-state index in [0.29, 0.717) is 31.5 Å². The summed E-state index contributed by atoms with van der Waals surface area (Å²) >= 11 is 0. The fraction of sp³-hybridized carbons (Fsp3) is 0.350. The average Bonchev–Trinajstić information content (AvgIpc) is 3.30. The van der Waals surface area contributed by atoms with E-state index < -0.39 is 17.4 Å². The number of aliphatic carboxylic acids is 1. The third kappa shape index (κ3) is 3.09. The summed E-state index contributed by atoms with van der Waals surface area (Å²) in [6.45, 7) is 0.839. The lowest BCUT2D eigenvalue weighted by Gasteiger charge is -2.41. The van der Waals surface area contributed by atoms with Gasteiger partial charge in [0.25, 0.3) is 5.91 Å². The van der Waals surface area contributed by atoms with E-state index in [4.69, 9.17) is 4.42 Å². The lowest BCUT2D eigenvalue weighted by molar-refractivity contribution is -0.144. The maximum absolute atomic E-state index is 12.8. The van der Waals surface area contributed by atoms with E-state index in [1.165, 1.54) is 0 Å². The van der Waals surface area contributed by atoms with Crippen LogP contribution in [-0.4, -0.2) is 46.4 Å². The fourth-order valence-corrected chi connectivity index (χ4v) is 4.10. The third-order valence-corrected chi connectivity index (χ3v) is 5.62. The monoisotopic (exact) mass is 368 g/mol. The zero-order valence-electron chi connectivity index (χ0n) is 14.7. The number of rotatable bonds is 3. The zero-order chi connectivity index (χ0) is 19.0. The van der Waals surface area contributed by atoms with Crippen molar-refractivity contribution in [1.29, 1.82) is 0 Å². The largest absolute Gasteiger partial charge is 0.481 e. The summed E-state index contributed by atoms with van der Waals surface area (Å²) in [5.41, 5.74) is 0.738. The molecule has 1 aromatic carbocycles. The Morgan fingerprint density at radius 2 is 1.85 bits per heavy atom. The molecule has 7 heteroatoms. The van der Waals surface area contributed by atoms with Crippen molar-refractivity contribution in [3.8, 4) is 11.3 Å². The van der Waals surface area contributed by atoms with E-state index >= 15 is 0 Å². The number of nitrogens with one attached hydrogen (secondary N) is 1. The molecule has 2 aromatic rings. The second-order valence-electron chi connectivity index (χ2n) is 7.15.